The van der Waals surface area contributed by atoms with E-state index in [1.165, 1.54) is 36.4 Å². The zero-order valence-electron chi connectivity index (χ0n) is 30.5. The predicted molar refractivity (Wildman–Crippen MR) is 215 cm³/mol. The van der Waals surface area contributed by atoms with Crippen molar-refractivity contribution < 1.29 is 75.1 Å². The summed E-state index contributed by atoms with van der Waals surface area (Å²) in [6.07, 6.45) is 2.03. The quantitative estimate of drug-likeness (QED) is 0.0511. The van der Waals surface area contributed by atoms with Gasteiger partial charge in [-0.2, -0.15) is 47.3 Å². The number of carboxylic acids is 4. The Kier molecular flexibility index (Phi) is 11.6. The summed E-state index contributed by atoms with van der Waals surface area (Å²) in [5, 5.41) is 54.2. The van der Waals surface area contributed by atoms with Crippen molar-refractivity contribution in [1.82, 2.24) is 0 Å². The molecule has 62 heavy (non-hydrogen) atoms. The Labute approximate surface area is 346 Å². The molecular weight excluding hydrogens is 865 g/mol. The van der Waals surface area contributed by atoms with E-state index >= 15 is 0 Å². The van der Waals surface area contributed by atoms with Crippen molar-refractivity contribution in [2.24, 2.45) is 20.4 Å². The lowest BCUT2D eigenvalue weighted by Gasteiger charge is -2.13. The summed E-state index contributed by atoms with van der Waals surface area (Å²) in [6.45, 7) is 0. The van der Waals surface area contributed by atoms with Crippen molar-refractivity contribution in [3.05, 3.63) is 107 Å². The molecule has 2 aliphatic heterocycles. The van der Waals surface area contributed by atoms with Crippen LogP contribution in [0.3, 0.4) is 0 Å². The Morgan fingerprint density at radius 1 is 0.548 bits per heavy atom. The van der Waals surface area contributed by atoms with Crippen LogP contribution in [0.2, 0.25) is 0 Å². The third-order valence-electron chi connectivity index (χ3n) is 8.39. The van der Waals surface area contributed by atoms with Crippen LogP contribution in [-0.2, 0) is 39.4 Å². The number of anilines is 4. The van der Waals surface area contributed by atoms with Gasteiger partial charge in [0, 0.05) is 0 Å². The van der Waals surface area contributed by atoms with Gasteiger partial charge in [-0.25, -0.2) is 19.2 Å². The molecule has 316 valence electrons. The van der Waals surface area contributed by atoms with Crippen molar-refractivity contribution in [2.45, 2.75) is 9.79 Å². The molecule has 0 radical (unpaired) electrons. The number of carbonyl (C=O) groups is 6. The second kappa shape index (κ2) is 16.7. The van der Waals surface area contributed by atoms with E-state index in [0.29, 0.717) is 10.0 Å². The second-order valence-corrected chi connectivity index (χ2v) is 15.1. The van der Waals surface area contributed by atoms with Gasteiger partial charge in [-0.3, -0.25) is 29.5 Å². The summed E-state index contributed by atoms with van der Waals surface area (Å²) < 4.78 is 69.8. The molecule has 0 spiro atoms. The normalized spacial score (nSPS) is 15.6. The minimum absolute atomic E-state index is 0.245. The van der Waals surface area contributed by atoms with Crippen molar-refractivity contribution >= 4 is 114 Å². The second-order valence-electron chi connectivity index (χ2n) is 12.3. The fourth-order valence-electron chi connectivity index (χ4n) is 5.63. The van der Waals surface area contributed by atoms with Crippen LogP contribution in [0, 0.1) is 0 Å². The first-order chi connectivity index (χ1) is 29.2. The maximum absolute atomic E-state index is 13.2. The molecule has 26 heteroatoms. The summed E-state index contributed by atoms with van der Waals surface area (Å²) in [6, 6.07) is 16.2. The number of aliphatic carboxylic acids is 2. The number of hydrogen-bond acceptors (Lipinski definition) is 16. The Bertz CT molecular complexity index is 2850. The maximum atomic E-state index is 13.2. The third kappa shape index (κ3) is 8.77. The van der Waals surface area contributed by atoms with Crippen LogP contribution in [0.5, 0.6) is 0 Å². The molecular formula is C36H24N8O16S2. The van der Waals surface area contributed by atoms with Crippen molar-refractivity contribution in [1.29, 1.82) is 0 Å². The highest BCUT2D eigenvalue weighted by Crippen LogP contribution is 2.29. The molecule has 8 N–H and O–H groups in total. The van der Waals surface area contributed by atoms with Crippen LogP contribution in [0.15, 0.2) is 115 Å². The van der Waals surface area contributed by atoms with Gasteiger partial charge in [-0.15, -0.1) is 0 Å². The topological polar surface area (TPSA) is 372 Å². The minimum Gasteiger partial charge on any atom is -0.478 e. The van der Waals surface area contributed by atoms with Gasteiger partial charge in [0.25, 0.3) is 20.2 Å². The number of hydrazone groups is 4. The van der Waals surface area contributed by atoms with Gasteiger partial charge in [-0.1, -0.05) is 48.6 Å². The lowest BCUT2D eigenvalue weighted by molar-refractivity contribution is -0.130. The zero-order valence-corrected chi connectivity index (χ0v) is 32.1. The SMILES string of the molecule is O=C(O)C1=NN(c2ccccc2C(=O)O)C(=O)C1=NNc1ccc(C=Cc2ccc(NN=C3C(=O)N(c4ccccc4C(=O)O)N=C3C(=O)O)cc2S(=O)(=O)O)c(S(=O)(=O)O)c1. The Hall–Kier alpha value is -8.46. The van der Waals surface area contributed by atoms with Crippen LogP contribution < -0.4 is 20.9 Å². The Morgan fingerprint density at radius 3 is 1.23 bits per heavy atom. The van der Waals surface area contributed by atoms with E-state index in [9.17, 15) is 75.1 Å². The summed E-state index contributed by atoms with van der Waals surface area (Å²) in [7, 11) is -10.2. The van der Waals surface area contributed by atoms with Gasteiger partial charge < -0.3 is 20.4 Å². The number of amides is 2. The summed E-state index contributed by atoms with van der Waals surface area (Å²) in [4.78, 5) is 72.0. The Balaban J connectivity index is 1.27. The predicted octanol–water partition coefficient (Wildman–Crippen LogP) is 2.26. The lowest BCUT2D eigenvalue weighted by atomic mass is 10.1. The molecule has 0 bridgehead atoms. The summed E-state index contributed by atoms with van der Waals surface area (Å²) >= 11 is 0. The monoisotopic (exact) mass is 888 g/mol. The first-order valence-electron chi connectivity index (χ1n) is 16.7. The lowest BCUT2D eigenvalue weighted by Crippen LogP contribution is -2.31. The summed E-state index contributed by atoms with van der Waals surface area (Å²) in [5.74, 6) is -8.69. The molecule has 4 aromatic rings. The highest BCUT2D eigenvalue weighted by atomic mass is 32.2. The van der Waals surface area contributed by atoms with Crippen molar-refractivity contribution in [3.63, 3.8) is 0 Å². The van der Waals surface area contributed by atoms with Crippen molar-refractivity contribution in [3.8, 4) is 0 Å². The number of hydrogen-bond donors (Lipinski definition) is 8. The average molecular weight is 889 g/mol. The van der Waals surface area contributed by atoms with E-state index in [-0.39, 0.29) is 33.9 Å². The van der Waals surface area contributed by atoms with Gasteiger partial charge in [0.05, 0.1) is 33.9 Å². The molecule has 0 saturated carbocycles. The number of benzene rings is 4. The highest BCUT2D eigenvalue weighted by Gasteiger charge is 2.40. The zero-order chi connectivity index (χ0) is 45.3. The summed E-state index contributed by atoms with van der Waals surface area (Å²) in [5.41, 5.74) is -1.27. The average Bonchev–Trinajstić information content (AvgIpc) is 3.73. The van der Waals surface area contributed by atoms with Crippen LogP contribution in [0.25, 0.3) is 12.2 Å². The molecule has 24 nitrogen and oxygen atoms in total. The largest absolute Gasteiger partial charge is 0.478 e. The minimum atomic E-state index is -5.09. The van der Waals surface area contributed by atoms with Gasteiger partial charge in [-0.05, 0) is 59.7 Å². The van der Waals surface area contributed by atoms with E-state index in [1.54, 1.807) is 0 Å². The number of carboxylic acid groups (broad SMARTS) is 4. The molecule has 2 aliphatic rings. The standard InChI is InChI=1S/C36H24N8O16S2/c45-31-27(29(35(51)52)41-43(31)23-7-3-1-5-21(23)33(47)48)39-37-19-13-11-17(25(15-19)61(55,56)57)9-10-18-12-14-20(16-26(18)62(58,59)60)38-40-28-30(36(53)54)42-44(32(28)46)24-8-4-2-6-22(24)34(49)50/h1-16,37-38H,(H,47,48)(H,49,50)(H,51,52)(H,53,54)(H,55,56,57)(H,58,59,60). The fraction of sp³-hybridized carbons (Fsp3) is 0. The third-order valence-corrected chi connectivity index (χ3v) is 10.2. The van der Waals surface area contributed by atoms with E-state index < -0.39 is 99.7 Å². The molecule has 6 rings (SSSR count). The van der Waals surface area contributed by atoms with Gasteiger partial charge in [0.15, 0.2) is 11.4 Å². The molecule has 2 heterocycles. The van der Waals surface area contributed by atoms with Crippen molar-refractivity contribution in [2.75, 3.05) is 20.9 Å². The van der Waals surface area contributed by atoms with E-state index in [4.69, 9.17) is 0 Å². The van der Waals surface area contributed by atoms with E-state index in [1.807, 2.05) is 0 Å². The number of aromatic carboxylic acids is 2. The van der Waals surface area contributed by atoms with Crippen LogP contribution in [-0.4, -0.2) is 105 Å². The molecule has 0 atom stereocenters. The fourth-order valence-corrected chi connectivity index (χ4v) is 7.05. The molecule has 0 fully saturated rings. The smallest absolute Gasteiger partial charge is 0.358 e. The number of carbonyl (C=O) groups excluding carboxylic acids is 2. The van der Waals surface area contributed by atoms with Gasteiger partial charge in [0.2, 0.25) is 11.4 Å². The Morgan fingerprint density at radius 2 is 0.903 bits per heavy atom. The number of para-hydroxylation sites is 2. The van der Waals surface area contributed by atoms with Crippen LogP contribution in [0.1, 0.15) is 31.8 Å². The number of nitrogens with one attached hydrogen (secondary N) is 2. The molecule has 2 amide bonds. The molecule has 0 saturated heterocycles. The maximum Gasteiger partial charge on any atom is 0.358 e. The highest BCUT2D eigenvalue weighted by molar-refractivity contribution is 7.86. The molecule has 0 unspecified atom stereocenters. The molecule has 0 aliphatic carbocycles. The number of rotatable bonds is 14. The number of nitrogens with zero attached hydrogens (tertiary/aromatic N) is 6. The molecule has 0 aromatic heterocycles. The van der Waals surface area contributed by atoms with Crippen LogP contribution >= 0.6 is 0 Å². The molecule has 4 aromatic carbocycles. The van der Waals surface area contributed by atoms with E-state index in [2.05, 4.69) is 31.3 Å². The first-order valence-corrected chi connectivity index (χ1v) is 19.6. The van der Waals surface area contributed by atoms with Gasteiger partial charge in [0.1, 0.15) is 9.79 Å². The van der Waals surface area contributed by atoms with Gasteiger partial charge >= 0.3 is 35.7 Å². The van der Waals surface area contributed by atoms with E-state index in [0.717, 1.165) is 60.7 Å². The first kappa shape index (κ1) is 43.1. The van der Waals surface area contributed by atoms with Crippen LogP contribution in [0.4, 0.5) is 22.7 Å².